The van der Waals surface area contributed by atoms with Crippen molar-refractivity contribution in [3.05, 3.63) is 100 Å². The van der Waals surface area contributed by atoms with Crippen molar-refractivity contribution >= 4 is 16.6 Å². The minimum Gasteiger partial charge on any atom is -0.488 e. The van der Waals surface area contributed by atoms with Crippen molar-refractivity contribution in [3.63, 3.8) is 0 Å². The van der Waals surface area contributed by atoms with Crippen LogP contribution in [0.5, 0.6) is 5.75 Å². The smallest absolute Gasteiger partial charge is 0.130 e. The molecule has 0 unspecified atom stereocenters. The van der Waals surface area contributed by atoms with E-state index < -0.39 is 0 Å². The minimum absolute atomic E-state index is 0.321. The van der Waals surface area contributed by atoms with Crippen LogP contribution in [0.1, 0.15) is 47.8 Å². The summed E-state index contributed by atoms with van der Waals surface area (Å²) in [5.74, 6) is 2.00. The number of hydrogen-bond donors (Lipinski definition) is 0. The number of aromatic nitrogens is 2. The van der Waals surface area contributed by atoms with Gasteiger partial charge in [-0.1, -0.05) is 24.3 Å². The Labute approximate surface area is 197 Å². The molecule has 1 saturated carbocycles. The van der Waals surface area contributed by atoms with Gasteiger partial charge in [-0.3, -0.25) is 0 Å². The molecule has 0 spiro atoms. The monoisotopic (exact) mass is 449 g/mol. The van der Waals surface area contributed by atoms with Crippen LogP contribution in [0.15, 0.2) is 66.2 Å². The molecule has 1 aliphatic heterocycles. The second-order valence-corrected chi connectivity index (χ2v) is 9.28. The van der Waals surface area contributed by atoms with Gasteiger partial charge < -0.3 is 9.30 Å². The molecule has 4 nitrogen and oxygen atoms in total. The fraction of sp³-hybridized carbons (Fsp3) is 0.241. The first kappa shape index (κ1) is 20.7. The third-order valence-electron chi connectivity index (χ3n) is 6.82. The molecule has 0 bridgehead atoms. The number of benzene rings is 3. The minimum atomic E-state index is -0.352. The highest BCUT2D eigenvalue weighted by Crippen LogP contribution is 2.39. The number of nitrogens with zero attached hydrogens (tertiary/aromatic N) is 3. The Balaban J connectivity index is 1.43. The third-order valence-corrected chi connectivity index (χ3v) is 6.82. The summed E-state index contributed by atoms with van der Waals surface area (Å²) in [6.07, 6.45) is 3.58. The average molecular weight is 450 g/mol. The Morgan fingerprint density at radius 1 is 1.12 bits per heavy atom. The number of para-hydroxylation sites is 2. The fourth-order valence-electron chi connectivity index (χ4n) is 4.91. The van der Waals surface area contributed by atoms with Crippen LogP contribution in [0, 0.1) is 23.1 Å². The largest absolute Gasteiger partial charge is 0.488 e. The molecule has 3 aromatic carbocycles. The predicted octanol–water partition coefficient (Wildman–Crippen LogP) is 6.41. The van der Waals surface area contributed by atoms with E-state index in [-0.39, 0.29) is 5.82 Å². The molecule has 168 valence electrons. The van der Waals surface area contributed by atoms with Gasteiger partial charge in [0.2, 0.25) is 0 Å². The molecule has 4 aromatic rings. The molecular weight excluding hydrogens is 425 g/mol. The van der Waals surface area contributed by atoms with Crippen LogP contribution in [0.25, 0.3) is 16.6 Å². The van der Waals surface area contributed by atoms with Crippen molar-refractivity contribution in [1.82, 2.24) is 9.55 Å². The van der Waals surface area contributed by atoms with Crippen LogP contribution in [0.4, 0.5) is 4.39 Å². The number of fused-ring (bicyclic) bond motifs is 3. The van der Waals surface area contributed by atoms with Crippen LogP contribution in [-0.4, -0.2) is 9.55 Å². The van der Waals surface area contributed by atoms with Gasteiger partial charge >= 0.3 is 0 Å². The fourth-order valence-corrected chi connectivity index (χ4v) is 4.91. The molecule has 0 radical (unpaired) electrons. The summed E-state index contributed by atoms with van der Waals surface area (Å²) in [6, 6.07) is 21.4. The molecule has 1 fully saturated rings. The van der Waals surface area contributed by atoms with E-state index in [1.165, 1.54) is 25.0 Å². The second-order valence-electron chi connectivity index (χ2n) is 9.28. The standard InChI is InChI=1S/C29H24FN3O/c1-18(15-31)29-23-10-8-20(12-21(23)17-34-27-14-22(30)9-11-24(27)29)16-33-26-5-3-2-4-25(26)32-28(33)13-19-6-7-19/h2-5,8-12,14,19H,6-7,13,16-17H2,1H3. The Bertz CT molecular complexity index is 1500. The number of imidazole rings is 1. The lowest BCUT2D eigenvalue weighted by atomic mass is 9.90. The van der Waals surface area contributed by atoms with Gasteiger partial charge in [-0.05, 0) is 72.7 Å². The summed E-state index contributed by atoms with van der Waals surface area (Å²) in [7, 11) is 0. The Kier molecular flexibility index (Phi) is 4.95. The predicted molar refractivity (Wildman–Crippen MR) is 130 cm³/mol. The van der Waals surface area contributed by atoms with Gasteiger partial charge in [0, 0.05) is 35.7 Å². The van der Waals surface area contributed by atoms with E-state index in [4.69, 9.17) is 9.72 Å². The number of allylic oxidation sites excluding steroid dienone is 1. The topological polar surface area (TPSA) is 50.8 Å². The Morgan fingerprint density at radius 2 is 1.94 bits per heavy atom. The van der Waals surface area contributed by atoms with E-state index >= 15 is 0 Å². The molecule has 0 atom stereocenters. The maximum atomic E-state index is 13.9. The van der Waals surface area contributed by atoms with Gasteiger partial charge in [-0.15, -0.1) is 0 Å². The number of halogens is 1. The lowest BCUT2D eigenvalue weighted by Crippen LogP contribution is -2.07. The molecule has 2 heterocycles. The molecule has 0 saturated heterocycles. The van der Waals surface area contributed by atoms with Crippen LogP contribution in [0.2, 0.25) is 0 Å². The van der Waals surface area contributed by atoms with Gasteiger partial charge in [0.15, 0.2) is 0 Å². The van der Waals surface area contributed by atoms with Crippen LogP contribution < -0.4 is 4.74 Å². The molecule has 1 aromatic heterocycles. The quantitative estimate of drug-likeness (QED) is 0.338. The molecule has 0 amide bonds. The van der Waals surface area contributed by atoms with Gasteiger partial charge in [0.1, 0.15) is 24.0 Å². The normalized spacial score (nSPS) is 16.3. The molecule has 5 heteroatoms. The average Bonchev–Trinajstić information content (AvgIpc) is 3.62. The van der Waals surface area contributed by atoms with E-state index in [1.807, 2.05) is 6.07 Å². The molecule has 0 N–H and O–H groups in total. The molecule has 6 rings (SSSR count). The first-order valence-electron chi connectivity index (χ1n) is 11.7. The maximum absolute atomic E-state index is 13.9. The maximum Gasteiger partial charge on any atom is 0.130 e. The molecule has 34 heavy (non-hydrogen) atoms. The highest BCUT2D eigenvalue weighted by molar-refractivity contribution is 5.88. The van der Waals surface area contributed by atoms with Crippen LogP contribution in [-0.2, 0) is 19.6 Å². The van der Waals surface area contributed by atoms with E-state index in [0.29, 0.717) is 24.5 Å². The van der Waals surface area contributed by atoms with E-state index in [2.05, 4.69) is 47.0 Å². The molecular formula is C29H24FN3O. The summed E-state index contributed by atoms with van der Waals surface area (Å²) < 4.78 is 22.3. The zero-order valence-corrected chi connectivity index (χ0v) is 19.0. The van der Waals surface area contributed by atoms with Crippen molar-refractivity contribution in [2.24, 2.45) is 5.92 Å². The van der Waals surface area contributed by atoms with Gasteiger partial charge in [0.05, 0.1) is 17.1 Å². The summed E-state index contributed by atoms with van der Waals surface area (Å²) >= 11 is 0. The number of hydrogen-bond acceptors (Lipinski definition) is 3. The summed E-state index contributed by atoms with van der Waals surface area (Å²) in [4.78, 5) is 4.93. The lowest BCUT2D eigenvalue weighted by Gasteiger charge is -2.14. The van der Waals surface area contributed by atoms with Crippen molar-refractivity contribution < 1.29 is 9.13 Å². The zero-order valence-electron chi connectivity index (χ0n) is 19.0. The van der Waals surface area contributed by atoms with Gasteiger partial charge in [0.25, 0.3) is 0 Å². The Hall–Kier alpha value is -3.91. The van der Waals surface area contributed by atoms with Crippen molar-refractivity contribution in [1.29, 1.82) is 5.26 Å². The highest BCUT2D eigenvalue weighted by atomic mass is 19.1. The van der Waals surface area contributed by atoms with Crippen molar-refractivity contribution in [3.8, 4) is 11.8 Å². The molecule has 2 aliphatic rings. The van der Waals surface area contributed by atoms with Gasteiger partial charge in [-0.25, -0.2) is 9.37 Å². The second kappa shape index (κ2) is 8.14. The Morgan fingerprint density at radius 3 is 2.76 bits per heavy atom. The molecule has 1 aliphatic carbocycles. The van der Waals surface area contributed by atoms with E-state index in [0.717, 1.165) is 57.0 Å². The SMILES string of the molecule is CC(C#N)=C1c2ccc(Cn3c(CC4CC4)nc4ccccc43)cc2COc2cc(F)ccc21. The van der Waals surface area contributed by atoms with E-state index in [9.17, 15) is 9.65 Å². The van der Waals surface area contributed by atoms with Crippen LogP contribution >= 0.6 is 0 Å². The van der Waals surface area contributed by atoms with E-state index in [1.54, 1.807) is 13.0 Å². The summed E-state index contributed by atoms with van der Waals surface area (Å²) in [5, 5.41) is 9.69. The summed E-state index contributed by atoms with van der Waals surface area (Å²) in [5.41, 5.74) is 7.41. The number of nitriles is 1. The van der Waals surface area contributed by atoms with Crippen LogP contribution in [0.3, 0.4) is 0 Å². The number of rotatable bonds is 4. The first-order valence-corrected chi connectivity index (χ1v) is 11.7. The highest BCUT2D eigenvalue weighted by Gasteiger charge is 2.25. The lowest BCUT2D eigenvalue weighted by molar-refractivity contribution is 0.305. The number of ether oxygens (including phenoxy) is 1. The van der Waals surface area contributed by atoms with Gasteiger partial charge in [-0.2, -0.15) is 5.26 Å². The zero-order chi connectivity index (χ0) is 23.2. The third kappa shape index (κ3) is 3.66. The van der Waals surface area contributed by atoms with Crippen molar-refractivity contribution in [2.45, 2.75) is 39.3 Å². The first-order chi connectivity index (χ1) is 16.6. The van der Waals surface area contributed by atoms with Crippen molar-refractivity contribution in [2.75, 3.05) is 0 Å². The summed E-state index contributed by atoms with van der Waals surface area (Å²) in [6.45, 7) is 2.84.